The maximum absolute atomic E-state index is 11.4. The molecule has 0 rings (SSSR count). The highest BCUT2D eigenvalue weighted by Gasteiger charge is 2.29. The van der Waals surface area contributed by atoms with Crippen LogP contribution in [0.1, 0.15) is 74.7 Å². The zero-order valence-corrected chi connectivity index (χ0v) is 17.9. The molecule has 0 aromatic carbocycles. The minimum atomic E-state index is -0.584. The summed E-state index contributed by atoms with van der Waals surface area (Å²) in [6, 6.07) is 0. The highest BCUT2D eigenvalue weighted by atomic mass is 16.5. The Morgan fingerprint density at radius 1 is 0.962 bits per heavy atom. The Balaban J connectivity index is -0.000000352. The number of aliphatic hydroxyl groups excluding tert-OH is 1. The molecule has 0 radical (unpaired) electrons. The van der Waals surface area contributed by atoms with E-state index in [1.165, 1.54) is 0 Å². The molecule has 6 heteroatoms. The van der Waals surface area contributed by atoms with Crippen molar-refractivity contribution in [1.29, 1.82) is 0 Å². The summed E-state index contributed by atoms with van der Waals surface area (Å²) in [6.45, 7) is 16.0. The van der Waals surface area contributed by atoms with E-state index in [4.69, 9.17) is 9.47 Å². The normalized spacial score (nSPS) is 12.1. The van der Waals surface area contributed by atoms with Crippen LogP contribution in [-0.2, 0) is 23.9 Å². The average Bonchev–Trinajstić information content (AvgIpc) is 2.55. The molecular formula is C20H40O6. The second kappa shape index (κ2) is 19.9. The van der Waals surface area contributed by atoms with Crippen LogP contribution in [0, 0.1) is 17.8 Å². The van der Waals surface area contributed by atoms with Crippen LogP contribution >= 0.6 is 0 Å². The third-order valence-corrected chi connectivity index (χ3v) is 3.16. The minimum absolute atomic E-state index is 0.0903. The van der Waals surface area contributed by atoms with Crippen molar-refractivity contribution in [2.75, 3.05) is 13.2 Å². The van der Waals surface area contributed by atoms with Gasteiger partial charge in [-0.3, -0.25) is 9.59 Å². The Bertz CT molecular complexity index is 352. The molecule has 0 aromatic rings. The van der Waals surface area contributed by atoms with E-state index in [0.717, 1.165) is 6.29 Å². The minimum Gasteiger partial charge on any atom is -0.466 e. The fraction of sp³-hybridized carbons (Fsp3) is 0.850. The molecule has 26 heavy (non-hydrogen) atoms. The highest BCUT2D eigenvalue weighted by Crippen LogP contribution is 2.19. The lowest BCUT2D eigenvalue weighted by molar-refractivity contribution is -0.154. The second-order valence-corrected chi connectivity index (χ2v) is 6.48. The molecule has 2 atom stereocenters. The van der Waals surface area contributed by atoms with Gasteiger partial charge in [0.05, 0.1) is 25.2 Å². The van der Waals surface area contributed by atoms with Crippen LogP contribution < -0.4 is 0 Å². The summed E-state index contributed by atoms with van der Waals surface area (Å²) in [7, 11) is 0. The Hall–Kier alpha value is -1.43. The van der Waals surface area contributed by atoms with Gasteiger partial charge in [-0.1, -0.05) is 41.5 Å². The molecule has 1 N–H and O–H groups in total. The number of hydrogen-bond donors (Lipinski definition) is 1. The molecule has 0 aliphatic rings. The van der Waals surface area contributed by atoms with Crippen LogP contribution in [-0.4, -0.2) is 42.6 Å². The van der Waals surface area contributed by atoms with Crippen LogP contribution in [0.4, 0.5) is 0 Å². The van der Waals surface area contributed by atoms with Crippen LogP contribution in [0.15, 0.2) is 0 Å². The van der Waals surface area contributed by atoms with E-state index in [1.807, 2.05) is 48.5 Å². The van der Waals surface area contributed by atoms with Crippen LogP contribution in [0.3, 0.4) is 0 Å². The average molecular weight is 377 g/mol. The quantitative estimate of drug-likeness (QED) is 0.486. The van der Waals surface area contributed by atoms with Gasteiger partial charge in [0.15, 0.2) is 0 Å². The summed E-state index contributed by atoms with van der Waals surface area (Å²) in [4.78, 5) is 31.2. The first-order chi connectivity index (χ1) is 12.1. The maximum atomic E-state index is 11.4. The van der Waals surface area contributed by atoms with E-state index in [0.29, 0.717) is 38.4 Å². The Labute approximate surface area is 159 Å². The molecule has 6 nitrogen and oxygen atoms in total. The largest absolute Gasteiger partial charge is 0.466 e. The highest BCUT2D eigenvalue weighted by molar-refractivity contribution is 5.73. The van der Waals surface area contributed by atoms with Gasteiger partial charge in [-0.05, 0) is 32.1 Å². The Morgan fingerprint density at radius 2 is 1.42 bits per heavy atom. The molecular weight excluding hydrogens is 336 g/mol. The lowest BCUT2D eigenvalue weighted by Crippen LogP contribution is -2.33. The van der Waals surface area contributed by atoms with Gasteiger partial charge in [0, 0.05) is 12.8 Å². The molecule has 0 aliphatic heterocycles. The summed E-state index contributed by atoms with van der Waals surface area (Å²) in [5.74, 6) is -0.234. The first-order valence-corrected chi connectivity index (χ1v) is 9.56. The standard InChI is InChI=1S/C10H20O3.C7H14O2.C3H6O/c1-5-8(11)9(7(3)4)10(12)13-6-2;1-4-9-7(8)5-6(2)3;1-2-3-4/h7-9,11H,5-6H2,1-4H3;6H,4-5H2,1-3H3;3H,2H2,1H3. The topological polar surface area (TPSA) is 89.9 Å². The van der Waals surface area contributed by atoms with Gasteiger partial charge in [0.1, 0.15) is 6.29 Å². The summed E-state index contributed by atoms with van der Waals surface area (Å²) >= 11 is 0. The van der Waals surface area contributed by atoms with Crippen molar-refractivity contribution in [3.05, 3.63) is 0 Å². The summed E-state index contributed by atoms with van der Waals surface area (Å²) in [6.07, 6.45) is 2.05. The van der Waals surface area contributed by atoms with Crippen molar-refractivity contribution in [2.45, 2.75) is 80.8 Å². The zero-order valence-electron chi connectivity index (χ0n) is 17.9. The van der Waals surface area contributed by atoms with Gasteiger partial charge in [-0.2, -0.15) is 0 Å². The van der Waals surface area contributed by atoms with Crippen molar-refractivity contribution in [3.8, 4) is 0 Å². The monoisotopic (exact) mass is 376 g/mol. The maximum Gasteiger partial charge on any atom is 0.311 e. The fourth-order valence-corrected chi connectivity index (χ4v) is 1.92. The second-order valence-electron chi connectivity index (χ2n) is 6.48. The first kappa shape index (κ1) is 29.3. The number of aldehydes is 1. The van der Waals surface area contributed by atoms with Gasteiger partial charge < -0.3 is 19.4 Å². The number of carbonyl (C=O) groups excluding carboxylic acids is 3. The summed E-state index contributed by atoms with van der Waals surface area (Å²) < 4.78 is 9.60. The molecule has 0 bridgehead atoms. The third-order valence-electron chi connectivity index (χ3n) is 3.16. The summed E-state index contributed by atoms with van der Waals surface area (Å²) in [5, 5.41) is 9.58. The van der Waals surface area contributed by atoms with Gasteiger partial charge in [-0.25, -0.2) is 0 Å². The van der Waals surface area contributed by atoms with Crippen molar-refractivity contribution in [1.82, 2.24) is 0 Å². The lowest BCUT2D eigenvalue weighted by Gasteiger charge is -2.23. The van der Waals surface area contributed by atoms with E-state index in [-0.39, 0.29) is 23.8 Å². The predicted octanol–water partition coefficient (Wildman–Crippen LogP) is 3.78. The van der Waals surface area contributed by atoms with Crippen LogP contribution in [0.2, 0.25) is 0 Å². The zero-order chi connectivity index (χ0) is 21.1. The van der Waals surface area contributed by atoms with Gasteiger partial charge in [0.25, 0.3) is 0 Å². The Morgan fingerprint density at radius 3 is 1.69 bits per heavy atom. The van der Waals surface area contributed by atoms with E-state index in [9.17, 15) is 19.5 Å². The molecule has 0 saturated carbocycles. The van der Waals surface area contributed by atoms with Crippen molar-refractivity contribution in [3.63, 3.8) is 0 Å². The third kappa shape index (κ3) is 18.9. The number of ether oxygens (including phenoxy) is 2. The SMILES string of the molecule is CCC=O.CCOC(=O)C(C(C)C)C(O)CC.CCOC(=O)CC(C)C. The number of hydrogen-bond acceptors (Lipinski definition) is 6. The van der Waals surface area contributed by atoms with E-state index >= 15 is 0 Å². The molecule has 0 amide bonds. The summed E-state index contributed by atoms with van der Waals surface area (Å²) in [5.41, 5.74) is 0. The molecule has 2 unspecified atom stereocenters. The van der Waals surface area contributed by atoms with E-state index in [2.05, 4.69) is 0 Å². The molecule has 0 aliphatic carbocycles. The molecule has 0 saturated heterocycles. The number of esters is 2. The van der Waals surface area contributed by atoms with E-state index < -0.39 is 6.10 Å². The number of aliphatic hydroxyl groups is 1. The molecule has 156 valence electrons. The predicted molar refractivity (Wildman–Crippen MR) is 104 cm³/mol. The number of rotatable bonds is 9. The smallest absolute Gasteiger partial charge is 0.311 e. The lowest BCUT2D eigenvalue weighted by atomic mass is 9.89. The van der Waals surface area contributed by atoms with Gasteiger partial charge >= 0.3 is 11.9 Å². The molecule has 0 aromatic heterocycles. The molecule has 0 spiro atoms. The number of carbonyl (C=O) groups is 3. The van der Waals surface area contributed by atoms with Crippen LogP contribution in [0.5, 0.6) is 0 Å². The first-order valence-electron chi connectivity index (χ1n) is 9.56. The van der Waals surface area contributed by atoms with Gasteiger partial charge in [0.2, 0.25) is 0 Å². The van der Waals surface area contributed by atoms with Crippen molar-refractivity contribution in [2.24, 2.45) is 17.8 Å². The fourth-order valence-electron chi connectivity index (χ4n) is 1.92. The van der Waals surface area contributed by atoms with Gasteiger partial charge in [-0.15, -0.1) is 0 Å². The molecule has 0 heterocycles. The van der Waals surface area contributed by atoms with E-state index in [1.54, 1.807) is 6.92 Å². The van der Waals surface area contributed by atoms with Crippen molar-refractivity contribution < 1.29 is 29.0 Å². The van der Waals surface area contributed by atoms with Crippen LogP contribution in [0.25, 0.3) is 0 Å². The Kier molecular flexibility index (Phi) is 22.4. The molecule has 0 fully saturated rings. The van der Waals surface area contributed by atoms with Crippen molar-refractivity contribution >= 4 is 18.2 Å².